The summed E-state index contributed by atoms with van der Waals surface area (Å²) in [7, 11) is 0. The van der Waals surface area contributed by atoms with Gasteiger partial charge in [-0.05, 0) is 49.2 Å². The first-order valence-electron chi connectivity index (χ1n) is 8.82. The third kappa shape index (κ3) is 4.71. The van der Waals surface area contributed by atoms with Crippen molar-refractivity contribution in [1.82, 2.24) is 5.32 Å². The van der Waals surface area contributed by atoms with E-state index in [-0.39, 0.29) is 11.2 Å². The molecule has 1 saturated carbocycles. The number of hydrogen-bond acceptors (Lipinski definition) is 3. The Morgan fingerprint density at radius 2 is 1.67 bits per heavy atom. The predicted octanol–water partition coefficient (Wildman–Crippen LogP) is 5.28. The van der Waals surface area contributed by atoms with Crippen molar-refractivity contribution in [3.05, 3.63) is 65.7 Å². The molecule has 1 unspecified atom stereocenters. The van der Waals surface area contributed by atoms with Gasteiger partial charge in [0.25, 0.3) is 0 Å². The Morgan fingerprint density at radius 3 is 2.33 bits per heavy atom. The fourth-order valence-corrected chi connectivity index (χ4v) is 4.08. The van der Waals surface area contributed by atoms with Crippen LogP contribution in [0.1, 0.15) is 49.3 Å². The summed E-state index contributed by atoms with van der Waals surface area (Å²) in [6.07, 6.45) is 6.19. The van der Waals surface area contributed by atoms with Gasteiger partial charge in [0.15, 0.2) is 0 Å². The highest BCUT2D eigenvalue weighted by atomic mass is 32.2. The SMILES string of the molecule is Cc1ccc(C(NC2CCCCC2)C(=O)Sc2ccccc2)cc1. The highest BCUT2D eigenvalue weighted by Gasteiger charge is 2.25. The average Bonchev–Trinajstić information content (AvgIpc) is 2.62. The van der Waals surface area contributed by atoms with Crippen molar-refractivity contribution in [1.29, 1.82) is 0 Å². The maximum atomic E-state index is 13.0. The maximum Gasteiger partial charge on any atom is 0.215 e. The number of carbonyl (C=O) groups is 1. The van der Waals surface area contributed by atoms with Crippen molar-refractivity contribution >= 4 is 16.9 Å². The topological polar surface area (TPSA) is 29.1 Å². The molecule has 1 aliphatic carbocycles. The molecule has 0 amide bonds. The zero-order valence-electron chi connectivity index (χ0n) is 14.2. The molecule has 3 rings (SSSR count). The molecule has 24 heavy (non-hydrogen) atoms. The van der Waals surface area contributed by atoms with E-state index in [1.165, 1.54) is 49.4 Å². The Bertz CT molecular complexity index is 647. The molecule has 3 heteroatoms. The summed E-state index contributed by atoms with van der Waals surface area (Å²) >= 11 is 1.34. The van der Waals surface area contributed by atoms with Crippen LogP contribution in [0.5, 0.6) is 0 Å². The van der Waals surface area contributed by atoms with Crippen molar-refractivity contribution in [2.45, 2.75) is 56.0 Å². The second-order valence-electron chi connectivity index (χ2n) is 6.58. The van der Waals surface area contributed by atoms with E-state index < -0.39 is 0 Å². The van der Waals surface area contributed by atoms with Crippen LogP contribution in [-0.4, -0.2) is 11.2 Å². The molecule has 0 saturated heterocycles. The van der Waals surface area contributed by atoms with Crippen LogP contribution in [0, 0.1) is 6.92 Å². The molecule has 1 atom stereocenters. The summed E-state index contributed by atoms with van der Waals surface area (Å²) in [6, 6.07) is 18.5. The Labute approximate surface area is 149 Å². The van der Waals surface area contributed by atoms with E-state index in [9.17, 15) is 4.79 Å². The van der Waals surface area contributed by atoms with Crippen LogP contribution in [-0.2, 0) is 4.79 Å². The van der Waals surface area contributed by atoms with Crippen molar-refractivity contribution in [3.8, 4) is 0 Å². The molecule has 1 N–H and O–H groups in total. The van der Waals surface area contributed by atoms with Gasteiger partial charge in [-0.3, -0.25) is 4.79 Å². The van der Waals surface area contributed by atoms with E-state index in [1.54, 1.807) is 0 Å². The van der Waals surface area contributed by atoms with Gasteiger partial charge in [-0.2, -0.15) is 0 Å². The third-order valence-electron chi connectivity index (χ3n) is 4.62. The van der Waals surface area contributed by atoms with Gasteiger partial charge >= 0.3 is 0 Å². The molecule has 0 aliphatic heterocycles. The molecule has 0 bridgehead atoms. The third-order valence-corrected chi connectivity index (χ3v) is 5.56. The fraction of sp³-hybridized carbons (Fsp3) is 0.381. The zero-order valence-corrected chi connectivity index (χ0v) is 15.0. The lowest BCUT2D eigenvalue weighted by Gasteiger charge is -2.28. The van der Waals surface area contributed by atoms with Gasteiger partial charge in [-0.1, -0.05) is 67.3 Å². The number of benzene rings is 2. The minimum atomic E-state index is -0.237. The van der Waals surface area contributed by atoms with Crippen molar-refractivity contribution in [2.24, 2.45) is 0 Å². The lowest BCUT2D eigenvalue weighted by Crippen LogP contribution is -2.37. The summed E-state index contributed by atoms with van der Waals surface area (Å²) in [5, 5.41) is 3.82. The van der Waals surface area contributed by atoms with Gasteiger partial charge in [0.2, 0.25) is 5.12 Å². The molecule has 0 radical (unpaired) electrons. The first-order valence-corrected chi connectivity index (χ1v) is 9.63. The average molecular weight is 340 g/mol. The van der Waals surface area contributed by atoms with E-state index in [4.69, 9.17) is 0 Å². The minimum absolute atomic E-state index is 0.177. The summed E-state index contributed by atoms with van der Waals surface area (Å²) < 4.78 is 0. The van der Waals surface area contributed by atoms with E-state index >= 15 is 0 Å². The summed E-state index contributed by atoms with van der Waals surface area (Å²) in [6.45, 7) is 2.08. The lowest BCUT2D eigenvalue weighted by atomic mass is 9.94. The normalized spacial score (nSPS) is 16.7. The van der Waals surface area contributed by atoms with Gasteiger partial charge in [-0.15, -0.1) is 0 Å². The largest absolute Gasteiger partial charge is 0.300 e. The van der Waals surface area contributed by atoms with Crippen LogP contribution >= 0.6 is 11.8 Å². The lowest BCUT2D eigenvalue weighted by molar-refractivity contribution is -0.113. The van der Waals surface area contributed by atoms with Crippen molar-refractivity contribution < 1.29 is 4.79 Å². The van der Waals surface area contributed by atoms with Gasteiger partial charge < -0.3 is 5.32 Å². The van der Waals surface area contributed by atoms with Crippen LogP contribution in [0.2, 0.25) is 0 Å². The van der Waals surface area contributed by atoms with Gasteiger partial charge in [0, 0.05) is 10.9 Å². The molecular formula is C21H25NOS. The monoisotopic (exact) mass is 339 g/mol. The van der Waals surface area contributed by atoms with Crippen molar-refractivity contribution in [3.63, 3.8) is 0 Å². The highest BCUT2D eigenvalue weighted by Crippen LogP contribution is 2.29. The number of carbonyl (C=O) groups excluding carboxylic acids is 1. The zero-order chi connectivity index (χ0) is 16.8. The molecule has 0 aromatic heterocycles. The number of rotatable bonds is 5. The van der Waals surface area contributed by atoms with Crippen LogP contribution < -0.4 is 5.32 Å². The number of thioether (sulfide) groups is 1. The predicted molar refractivity (Wildman–Crippen MR) is 101 cm³/mol. The molecule has 0 heterocycles. The van der Waals surface area contributed by atoms with Gasteiger partial charge in [-0.25, -0.2) is 0 Å². The molecule has 0 spiro atoms. The minimum Gasteiger partial charge on any atom is -0.300 e. The molecule has 126 valence electrons. The number of hydrogen-bond donors (Lipinski definition) is 1. The van der Waals surface area contributed by atoms with Crippen LogP contribution in [0.15, 0.2) is 59.5 Å². The standard InChI is InChI=1S/C21H25NOS/c1-16-12-14-17(15-13-16)20(22-18-8-4-2-5-9-18)21(23)24-19-10-6-3-7-11-19/h3,6-7,10-15,18,20,22H,2,4-5,8-9H2,1H3. The highest BCUT2D eigenvalue weighted by molar-refractivity contribution is 8.13. The Hall–Kier alpha value is -1.58. The maximum absolute atomic E-state index is 13.0. The summed E-state index contributed by atoms with van der Waals surface area (Å²) in [5.74, 6) is 0. The molecule has 2 aromatic carbocycles. The van der Waals surface area contributed by atoms with Crippen LogP contribution in [0.3, 0.4) is 0 Å². The number of aryl methyl sites for hydroxylation is 1. The van der Waals surface area contributed by atoms with E-state index in [2.05, 4.69) is 36.5 Å². The summed E-state index contributed by atoms with van der Waals surface area (Å²) in [4.78, 5) is 14.0. The summed E-state index contributed by atoms with van der Waals surface area (Å²) in [5.41, 5.74) is 2.29. The van der Waals surface area contributed by atoms with Crippen molar-refractivity contribution in [2.75, 3.05) is 0 Å². The second-order valence-corrected chi connectivity index (χ2v) is 7.66. The molecule has 2 aromatic rings. The van der Waals surface area contributed by atoms with Gasteiger partial charge in [0.05, 0.1) is 0 Å². The fourth-order valence-electron chi connectivity index (χ4n) is 3.23. The number of nitrogens with one attached hydrogen (secondary N) is 1. The Kier molecular flexibility index (Phi) is 6.11. The van der Waals surface area contributed by atoms with E-state index in [1.807, 2.05) is 30.3 Å². The molecule has 2 nitrogen and oxygen atoms in total. The molecule has 1 aliphatic rings. The van der Waals surface area contributed by atoms with Crippen LogP contribution in [0.4, 0.5) is 0 Å². The first-order chi connectivity index (χ1) is 11.7. The molecule has 1 fully saturated rings. The van der Waals surface area contributed by atoms with Crippen LogP contribution in [0.25, 0.3) is 0 Å². The first kappa shape index (κ1) is 17.2. The quantitative estimate of drug-likeness (QED) is 0.752. The van der Waals surface area contributed by atoms with E-state index in [0.717, 1.165) is 10.5 Å². The Morgan fingerprint density at radius 1 is 1.00 bits per heavy atom. The Balaban J connectivity index is 1.77. The van der Waals surface area contributed by atoms with E-state index in [0.29, 0.717) is 6.04 Å². The second kappa shape index (κ2) is 8.50. The smallest absolute Gasteiger partial charge is 0.215 e. The molecular weight excluding hydrogens is 314 g/mol. The van der Waals surface area contributed by atoms with Gasteiger partial charge in [0.1, 0.15) is 6.04 Å².